The van der Waals surface area contributed by atoms with Gasteiger partial charge in [-0.1, -0.05) is 23.2 Å². The van der Waals surface area contributed by atoms with Crippen molar-refractivity contribution in [2.45, 2.75) is 0 Å². The maximum absolute atomic E-state index is 8.55. The molecule has 1 N–H and O–H groups in total. The Hall–Kier alpha value is -1.88. The normalized spacial score (nSPS) is 8.76. The quantitative estimate of drug-likeness (QED) is 0.853. The molecule has 0 aliphatic rings. The van der Waals surface area contributed by atoms with Gasteiger partial charge in [-0.3, -0.25) is 0 Å². The van der Waals surface area contributed by atoms with E-state index in [0.717, 1.165) is 0 Å². The Morgan fingerprint density at radius 1 is 1.29 bits per heavy atom. The van der Waals surface area contributed by atoms with Crippen LogP contribution in [-0.4, -0.2) is 7.11 Å². The van der Waals surface area contributed by atoms with E-state index >= 15 is 0 Å². The van der Waals surface area contributed by atoms with Crippen LogP contribution in [0.4, 0.5) is 5.69 Å². The average molecular weight is 268 g/mol. The molecule has 4 nitrogen and oxygen atoms in total. The molecule has 0 amide bonds. The molecule has 6 heteroatoms. The van der Waals surface area contributed by atoms with Gasteiger partial charge in [0.05, 0.1) is 22.8 Å². The summed E-state index contributed by atoms with van der Waals surface area (Å²) in [5.74, 6) is 0.451. The molecule has 0 bridgehead atoms. The molecule has 0 saturated carbocycles. The van der Waals surface area contributed by atoms with Gasteiger partial charge in [-0.25, -0.2) is 0 Å². The van der Waals surface area contributed by atoms with E-state index in [9.17, 15) is 0 Å². The number of benzene rings is 1. The highest BCUT2D eigenvalue weighted by Gasteiger charge is 2.06. The highest BCUT2D eigenvalue weighted by atomic mass is 35.5. The van der Waals surface area contributed by atoms with Crippen molar-refractivity contribution in [1.82, 2.24) is 0 Å². The smallest absolute Gasteiger partial charge is 0.145 e. The minimum Gasteiger partial charge on any atom is -0.495 e. The molecule has 0 heterocycles. The van der Waals surface area contributed by atoms with Crippen molar-refractivity contribution in [2.24, 2.45) is 0 Å². The van der Waals surface area contributed by atoms with Crippen LogP contribution in [0.15, 0.2) is 23.9 Å². The highest BCUT2D eigenvalue weighted by molar-refractivity contribution is 6.36. The first-order valence-corrected chi connectivity index (χ1v) is 5.18. The van der Waals surface area contributed by atoms with Gasteiger partial charge in [0.1, 0.15) is 23.5 Å². The molecule has 0 fully saturated rings. The second-order valence-electron chi connectivity index (χ2n) is 2.89. The number of nitrogens with one attached hydrogen (secondary N) is 1. The molecule has 1 aromatic carbocycles. The van der Waals surface area contributed by atoms with Crippen LogP contribution in [0.2, 0.25) is 10.0 Å². The van der Waals surface area contributed by atoms with Crippen LogP contribution < -0.4 is 10.1 Å². The Bertz CT molecular complexity index is 525. The van der Waals surface area contributed by atoms with Crippen LogP contribution in [-0.2, 0) is 0 Å². The third-order valence-corrected chi connectivity index (χ3v) is 2.46. The van der Waals surface area contributed by atoms with E-state index in [1.165, 1.54) is 13.3 Å². The van der Waals surface area contributed by atoms with Gasteiger partial charge < -0.3 is 10.1 Å². The number of hydrogen-bond acceptors (Lipinski definition) is 4. The Morgan fingerprint density at radius 2 is 1.94 bits per heavy atom. The van der Waals surface area contributed by atoms with E-state index < -0.39 is 0 Å². The van der Waals surface area contributed by atoms with Crippen molar-refractivity contribution in [3.8, 4) is 17.9 Å². The number of ether oxygens (including phenoxy) is 1. The lowest BCUT2D eigenvalue weighted by Crippen LogP contribution is -1.92. The average Bonchev–Trinajstić information content (AvgIpc) is 2.34. The summed E-state index contributed by atoms with van der Waals surface area (Å²) in [6, 6.07) is 6.52. The molecule has 0 saturated heterocycles. The first-order chi connectivity index (χ1) is 8.12. The van der Waals surface area contributed by atoms with E-state index in [4.69, 9.17) is 38.5 Å². The molecule has 1 aromatic rings. The van der Waals surface area contributed by atoms with E-state index in [0.29, 0.717) is 21.5 Å². The summed E-state index contributed by atoms with van der Waals surface area (Å²) in [6.45, 7) is 0. The minimum atomic E-state index is -0.0620. The first kappa shape index (κ1) is 13.2. The van der Waals surface area contributed by atoms with Gasteiger partial charge in [0.2, 0.25) is 0 Å². The molecule has 0 aliphatic heterocycles. The third-order valence-electron chi connectivity index (χ3n) is 1.85. The predicted octanol–water partition coefficient (Wildman–Crippen LogP) is 3.34. The summed E-state index contributed by atoms with van der Waals surface area (Å²) in [5, 5.41) is 20.6. The summed E-state index contributed by atoms with van der Waals surface area (Å²) < 4.78 is 4.98. The monoisotopic (exact) mass is 267 g/mol. The van der Waals surface area contributed by atoms with Gasteiger partial charge in [-0.05, 0) is 6.07 Å². The zero-order valence-corrected chi connectivity index (χ0v) is 10.3. The van der Waals surface area contributed by atoms with Crippen LogP contribution in [0.5, 0.6) is 5.75 Å². The lowest BCUT2D eigenvalue weighted by molar-refractivity contribution is 0.415. The number of nitriles is 2. The first-order valence-electron chi connectivity index (χ1n) is 4.42. The Kier molecular flexibility index (Phi) is 4.66. The standard InChI is InChI=1S/C11H7Cl2N3O/c1-17-11-3-8(12)10(2-9(11)13)16-6-7(4-14)5-15/h2-3,6,16H,1H3. The lowest BCUT2D eigenvalue weighted by Gasteiger charge is -2.08. The molecule has 1 rings (SSSR count). The van der Waals surface area contributed by atoms with Crippen molar-refractivity contribution in [1.29, 1.82) is 10.5 Å². The van der Waals surface area contributed by atoms with E-state index in [1.807, 2.05) is 0 Å². The number of allylic oxidation sites excluding steroid dienone is 1. The van der Waals surface area contributed by atoms with Crippen LogP contribution >= 0.6 is 23.2 Å². The summed E-state index contributed by atoms with van der Waals surface area (Å²) in [6.07, 6.45) is 1.25. The summed E-state index contributed by atoms with van der Waals surface area (Å²) in [4.78, 5) is 0. The third kappa shape index (κ3) is 3.29. The molecule has 0 aliphatic carbocycles. The van der Waals surface area contributed by atoms with E-state index in [2.05, 4.69) is 5.32 Å². The zero-order chi connectivity index (χ0) is 12.8. The Labute approximate surface area is 109 Å². The van der Waals surface area contributed by atoms with Crippen molar-refractivity contribution in [3.05, 3.63) is 34.0 Å². The van der Waals surface area contributed by atoms with Gasteiger partial charge in [-0.15, -0.1) is 0 Å². The number of halogens is 2. The molecule has 0 unspecified atom stereocenters. The van der Waals surface area contributed by atoms with Crippen molar-refractivity contribution in [2.75, 3.05) is 12.4 Å². The molecule has 86 valence electrons. The number of rotatable bonds is 3. The van der Waals surface area contributed by atoms with Crippen LogP contribution in [0.1, 0.15) is 0 Å². The molecule has 0 atom stereocenters. The second kappa shape index (κ2) is 6.00. The number of hydrogen-bond donors (Lipinski definition) is 1. The van der Waals surface area contributed by atoms with E-state index in [1.54, 1.807) is 24.3 Å². The molecular formula is C11H7Cl2N3O. The molecule has 0 radical (unpaired) electrons. The van der Waals surface area contributed by atoms with E-state index in [-0.39, 0.29) is 5.57 Å². The summed E-state index contributed by atoms with van der Waals surface area (Å²) >= 11 is 11.9. The maximum atomic E-state index is 8.55. The van der Waals surface area contributed by atoms with Gasteiger partial charge in [0.15, 0.2) is 0 Å². The molecule has 0 spiro atoms. The van der Waals surface area contributed by atoms with Crippen molar-refractivity contribution in [3.63, 3.8) is 0 Å². The molecule has 0 aromatic heterocycles. The fraction of sp³-hybridized carbons (Fsp3) is 0.0909. The topological polar surface area (TPSA) is 68.8 Å². The van der Waals surface area contributed by atoms with Gasteiger partial charge in [0.25, 0.3) is 0 Å². The van der Waals surface area contributed by atoms with Gasteiger partial charge in [0, 0.05) is 12.3 Å². The number of nitrogens with zero attached hydrogens (tertiary/aromatic N) is 2. The highest BCUT2D eigenvalue weighted by Crippen LogP contribution is 2.34. The number of anilines is 1. The lowest BCUT2D eigenvalue weighted by atomic mass is 10.3. The van der Waals surface area contributed by atoms with Crippen molar-refractivity contribution < 1.29 is 4.74 Å². The van der Waals surface area contributed by atoms with Gasteiger partial charge >= 0.3 is 0 Å². The maximum Gasteiger partial charge on any atom is 0.145 e. The van der Waals surface area contributed by atoms with Crippen molar-refractivity contribution >= 4 is 28.9 Å². The predicted molar refractivity (Wildman–Crippen MR) is 65.9 cm³/mol. The van der Waals surface area contributed by atoms with Gasteiger partial charge in [-0.2, -0.15) is 10.5 Å². The van der Waals surface area contributed by atoms with Crippen LogP contribution in [0.3, 0.4) is 0 Å². The molecule has 17 heavy (non-hydrogen) atoms. The second-order valence-corrected chi connectivity index (χ2v) is 3.71. The van der Waals surface area contributed by atoms with Crippen LogP contribution in [0, 0.1) is 22.7 Å². The fourth-order valence-electron chi connectivity index (χ4n) is 1.04. The molecular weight excluding hydrogens is 261 g/mol. The Balaban J connectivity index is 3.02. The summed E-state index contributed by atoms with van der Waals surface area (Å²) in [5.41, 5.74) is 0.425. The largest absolute Gasteiger partial charge is 0.495 e. The number of methoxy groups -OCH3 is 1. The fourth-order valence-corrected chi connectivity index (χ4v) is 1.48. The Morgan fingerprint density at radius 3 is 2.47 bits per heavy atom. The SMILES string of the molecule is COc1cc(Cl)c(NC=C(C#N)C#N)cc1Cl. The zero-order valence-electron chi connectivity index (χ0n) is 8.79. The summed E-state index contributed by atoms with van der Waals surface area (Å²) in [7, 11) is 1.48. The van der Waals surface area contributed by atoms with Crippen LogP contribution in [0.25, 0.3) is 0 Å². The minimum absolute atomic E-state index is 0.0620.